The van der Waals surface area contributed by atoms with Crippen molar-refractivity contribution in [3.05, 3.63) is 106 Å². The first-order valence-electron chi connectivity index (χ1n) is 10.9. The smallest absolute Gasteiger partial charge is 0.417 e. The molecule has 0 aliphatic heterocycles. The van der Waals surface area contributed by atoms with E-state index in [1.54, 1.807) is 73.7 Å². The number of hydrogen-bond acceptors (Lipinski definition) is 3. The maximum atomic E-state index is 14.1. The molecule has 36 heavy (non-hydrogen) atoms. The van der Waals surface area contributed by atoms with Gasteiger partial charge in [-0.1, -0.05) is 47.5 Å². The molecule has 2 heterocycles. The fraction of sp³-hybridized carbons (Fsp3) is 0.111. The fourth-order valence-electron chi connectivity index (χ4n) is 3.96. The van der Waals surface area contributed by atoms with Crippen LogP contribution >= 0.6 is 23.2 Å². The Hall–Kier alpha value is -3.55. The quantitative estimate of drug-likeness (QED) is 0.230. The zero-order chi connectivity index (χ0) is 25.4. The maximum absolute atomic E-state index is 14.1. The molecule has 0 bridgehead atoms. The number of halogens is 5. The normalized spacial score (nSPS) is 11.7. The highest BCUT2D eigenvalue weighted by Crippen LogP contribution is 2.39. The monoisotopic (exact) mass is 527 g/mol. The summed E-state index contributed by atoms with van der Waals surface area (Å²) < 4.78 is 49.5. The minimum Gasteiger partial charge on any atom is -0.489 e. The Morgan fingerprint density at radius 3 is 2.19 bits per heavy atom. The topological polar surface area (TPSA) is 39.9 Å². The third-order valence-electron chi connectivity index (χ3n) is 5.71. The van der Waals surface area contributed by atoms with Crippen molar-refractivity contribution >= 4 is 34.2 Å². The van der Waals surface area contributed by atoms with E-state index in [0.29, 0.717) is 32.6 Å². The third kappa shape index (κ3) is 4.64. The van der Waals surface area contributed by atoms with Crippen molar-refractivity contribution in [2.75, 3.05) is 0 Å². The number of alkyl halides is 3. The molecule has 0 radical (unpaired) electrons. The van der Waals surface area contributed by atoms with E-state index in [9.17, 15) is 13.2 Å². The number of aromatic nitrogens is 3. The van der Waals surface area contributed by atoms with Gasteiger partial charge in [0.25, 0.3) is 0 Å². The number of para-hydroxylation sites is 1. The maximum Gasteiger partial charge on any atom is 0.417 e. The van der Waals surface area contributed by atoms with E-state index < -0.39 is 11.7 Å². The summed E-state index contributed by atoms with van der Waals surface area (Å²) in [5.74, 6) is 0.511. The molecule has 0 spiro atoms. The molecule has 4 nitrogen and oxygen atoms in total. The van der Waals surface area contributed by atoms with Crippen molar-refractivity contribution in [2.45, 2.75) is 19.7 Å². The van der Waals surface area contributed by atoms with Crippen LogP contribution in [0.1, 0.15) is 16.8 Å². The van der Waals surface area contributed by atoms with Crippen LogP contribution < -0.4 is 4.74 Å². The molecule has 0 unspecified atom stereocenters. The Kier molecular flexibility index (Phi) is 6.36. The first-order chi connectivity index (χ1) is 17.2. The summed E-state index contributed by atoms with van der Waals surface area (Å²) in [5, 5.41) is 5.32. The predicted octanol–water partition coefficient (Wildman–Crippen LogP) is 8.30. The van der Waals surface area contributed by atoms with Gasteiger partial charge in [0.05, 0.1) is 28.0 Å². The molecule has 0 aliphatic carbocycles. The zero-order valence-electron chi connectivity index (χ0n) is 18.9. The minimum absolute atomic E-state index is 0.0216. The molecule has 0 saturated carbocycles. The Morgan fingerprint density at radius 2 is 1.56 bits per heavy atom. The number of nitrogens with zero attached hydrogens (tertiary/aromatic N) is 3. The molecule has 5 aromatic rings. The van der Waals surface area contributed by atoms with Crippen molar-refractivity contribution in [1.29, 1.82) is 0 Å². The Balaban J connectivity index is 1.53. The first kappa shape index (κ1) is 24.2. The van der Waals surface area contributed by atoms with Crippen LogP contribution in [0.15, 0.2) is 78.9 Å². The lowest BCUT2D eigenvalue weighted by molar-refractivity contribution is -0.136. The highest BCUT2D eigenvalue weighted by molar-refractivity contribution is 6.35. The van der Waals surface area contributed by atoms with E-state index in [-0.39, 0.29) is 29.0 Å². The van der Waals surface area contributed by atoms with Crippen LogP contribution in [0.2, 0.25) is 10.0 Å². The first-order valence-corrected chi connectivity index (χ1v) is 11.7. The number of benzene rings is 3. The predicted molar refractivity (Wildman–Crippen MR) is 135 cm³/mol. The van der Waals surface area contributed by atoms with Gasteiger partial charge in [-0.05, 0) is 61.5 Å². The van der Waals surface area contributed by atoms with Gasteiger partial charge in [0.2, 0.25) is 0 Å². The van der Waals surface area contributed by atoms with Crippen LogP contribution in [0, 0.1) is 6.92 Å². The van der Waals surface area contributed by atoms with Crippen LogP contribution in [-0.2, 0) is 12.8 Å². The van der Waals surface area contributed by atoms with Crippen molar-refractivity contribution in [1.82, 2.24) is 14.8 Å². The van der Waals surface area contributed by atoms with E-state index in [1.807, 2.05) is 6.07 Å². The Bertz CT molecular complexity index is 1530. The highest BCUT2D eigenvalue weighted by atomic mass is 35.5. The molecule has 0 N–H and O–H groups in total. The molecule has 2 aromatic heterocycles. The summed E-state index contributed by atoms with van der Waals surface area (Å²) in [6.07, 6.45) is -4.58. The molecule has 0 amide bonds. The fourth-order valence-corrected chi connectivity index (χ4v) is 4.46. The Morgan fingerprint density at radius 1 is 0.889 bits per heavy atom. The minimum atomic E-state index is -4.58. The number of hydrogen-bond donors (Lipinski definition) is 0. The largest absolute Gasteiger partial charge is 0.489 e. The summed E-state index contributed by atoms with van der Waals surface area (Å²) in [6.45, 7) is 1.70. The molecule has 0 fully saturated rings. The zero-order valence-corrected chi connectivity index (χ0v) is 20.4. The Labute approximate surface area is 214 Å². The second-order valence-corrected chi connectivity index (χ2v) is 8.91. The van der Waals surface area contributed by atoms with Gasteiger partial charge in [-0.2, -0.15) is 18.3 Å². The van der Waals surface area contributed by atoms with Gasteiger partial charge in [-0.3, -0.25) is 0 Å². The van der Waals surface area contributed by atoms with E-state index in [1.165, 1.54) is 4.68 Å². The number of ether oxygens (including phenoxy) is 1. The van der Waals surface area contributed by atoms with Crippen LogP contribution in [0.25, 0.3) is 28.0 Å². The van der Waals surface area contributed by atoms with Gasteiger partial charge in [0.15, 0.2) is 5.65 Å². The lowest BCUT2D eigenvalue weighted by atomic mass is 10.0. The van der Waals surface area contributed by atoms with Crippen LogP contribution in [0.5, 0.6) is 5.75 Å². The van der Waals surface area contributed by atoms with Crippen molar-refractivity contribution in [3.63, 3.8) is 0 Å². The van der Waals surface area contributed by atoms with E-state index in [4.69, 9.17) is 27.9 Å². The van der Waals surface area contributed by atoms with Crippen molar-refractivity contribution < 1.29 is 17.9 Å². The number of fused-ring (bicyclic) bond motifs is 1. The molecule has 5 rings (SSSR count). The summed E-state index contributed by atoms with van der Waals surface area (Å²) in [5.41, 5.74) is 1.55. The molecule has 0 saturated heterocycles. The molecule has 182 valence electrons. The van der Waals surface area contributed by atoms with E-state index >= 15 is 0 Å². The van der Waals surface area contributed by atoms with Gasteiger partial charge in [0.1, 0.15) is 12.4 Å². The van der Waals surface area contributed by atoms with E-state index in [2.05, 4.69) is 10.1 Å². The summed E-state index contributed by atoms with van der Waals surface area (Å²) in [6, 6.07) is 21.8. The number of pyridine rings is 1. The molecule has 0 aliphatic rings. The highest BCUT2D eigenvalue weighted by Gasteiger charge is 2.35. The lowest BCUT2D eigenvalue weighted by Crippen LogP contribution is -2.08. The second-order valence-electron chi connectivity index (χ2n) is 8.10. The molecular weight excluding hydrogens is 510 g/mol. The van der Waals surface area contributed by atoms with Crippen LogP contribution in [0.3, 0.4) is 0 Å². The molecule has 3 aromatic carbocycles. The van der Waals surface area contributed by atoms with Crippen LogP contribution in [-0.4, -0.2) is 14.8 Å². The average Bonchev–Trinajstić information content (AvgIpc) is 3.20. The van der Waals surface area contributed by atoms with Gasteiger partial charge >= 0.3 is 6.18 Å². The standard InChI is InChI=1S/C27H18Cl2F3N3O/c1-16-25-21(27(30,31)32)14-24(33-26(25)35(34-16)18-6-3-2-4-7-18)17-10-12-19(13-11-17)36-15-20-22(28)8-5-9-23(20)29/h2-14H,15H2,1H3. The van der Waals surface area contributed by atoms with Gasteiger partial charge < -0.3 is 4.74 Å². The average molecular weight is 528 g/mol. The summed E-state index contributed by atoms with van der Waals surface area (Å²) in [4.78, 5) is 4.59. The molecule has 0 atom stereocenters. The van der Waals surface area contributed by atoms with Gasteiger partial charge in [0, 0.05) is 21.2 Å². The SMILES string of the molecule is Cc1nn(-c2ccccc2)c2nc(-c3ccc(OCc4c(Cl)cccc4Cl)cc3)cc(C(F)(F)F)c12. The van der Waals surface area contributed by atoms with Crippen molar-refractivity contribution in [3.8, 4) is 22.7 Å². The van der Waals surface area contributed by atoms with Crippen molar-refractivity contribution in [2.24, 2.45) is 0 Å². The van der Waals surface area contributed by atoms with Gasteiger partial charge in [-0.25, -0.2) is 9.67 Å². The molecular formula is C27H18Cl2F3N3O. The van der Waals surface area contributed by atoms with Crippen LogP contribution in [0.4, 0.5) is 13.2 Å². The summed E-state index contributed by atoms with van der Waals surface area (Å²) >= 11 is 12.4. The second kappa shape index (κ2) is 9.48. The lowest BCUT2D eigenvalue weighted by Gasteiger charge is -2.13. The molecule has 9 heteroatoms. The third-order valence-corrected chi connectivity index (χ3v) is 6.42. The van der Waals surface area contributed by atoms with E-state index in [0.717, 1.165) is 6.07 Å². The summed E-state index contributed by atoms with van der Waals surface area (Å²) in [7, 11) is 0. The number of rotatable bonds is 5. The number of aryl methyl sites for hydroxylation is 1. The van der Waals surface area contributed by atoms with Gasteiger partial charge in [-0.15, -0.1) is 0 Å².